The summed E-state index contributed by atoms with van der Waals surface area (Å²) in [7, 11) is 1.88. The highest BCUT2D eigenvalue weighted by Crippen LogP contribution is 2.25. The summed E-state index contributed by atoms with van der Waals surface area (Å²) >= 11 is 5.77. The van der Waals surface area contributed by atoms with Gasteiger partial charge in [0.2, 0.25) is 0 Å². The van der Waals surface area contributed by atoms with Crippen LogP contribution in [0.15, 0.2) is 42.5 Å². The SMILES string of the molecule is Cn1nc(C(N)Cc2ccc(Cl)cc2F)c2ccccc21. The first-order valence-corrected chi connectivity index (χ1v) is 7.05. The van der Waals surface area contributed by atoms with Gasteiger partial charge in [-0.3, -0.25) is 4.68 Å². The van der Waals surface area contributed by atoms with E-state index in [0.29, 0.717) is 17.0 Å². The van der Waals surface area contributed by atoms with Gasteiger partial charge in [-0.15, -0.1) is 0 Å². The minimum absolute atomic E-state index is 0.335. The number of aryl methyl sites for hydroxylation is 1. The fourth-order valence-corrected chi connectivity index (χ4v) is 2.70. The van der Waals surface area contributed by atoms with Crippen molar-refractivity contribution in [1.82, 2.24) is 9.78 Å². The van der Waals surface area contributed by atoms with Crippen LogP contribution >= 0.6 is 11.6 Å². The molecule has 0 spiro atoms. The molecule has 2 N–H and O–H groups in total. The Morgan fingerprint density at radius 3 is 2.81 bits per heavy atom. The minimum Gasteiger partial charge on any atom is -0.322 e. The molecule has 3 nitrogen and oxygen atoms in total. The molecule has 0 aliphatic rings. The molecule has 0 amide bonds. The highest BCUT2D eigenvalue weighted by atomic mass is 35.5. The van der Waals surface area contributed by atoms with E-state index in [4.69, 9.17) is 17.3 Å². The van der Waals surface area contributed by atoms with Crippen LogP contribution in [0.25, 0.3) is 10.9 Å². The van der Waals surface area contributed by atoms with Crippen LogP contribution in [0.1, 0.15) is 17.3 Å². The lowest BCUT2D eigenvalue weighted by Crippen LogP contribution is -2.15. The summed E-state index contributed by atoms with van der Waals surface area (Å²) in [6.07, 6.45) is 0.379. The zero-order chi connectivity index (χ0) is 15.0. The van der Waals surface area contributed by atoms with Crippen molar-refractivity contribution < 1.29 is 4.39 Å². The number of hydrogen-bond donors (Lipinski definition) is 1. The molecule has 0 radical (unpaired) electrons. The first-order chi connectivity index (χ1) is 10.1. The van der Waals surface area contributed by atoms with Crippen LogP contribution in [0.4, 0.5) is 4.39 Å². The van der Waals surface area contributed by atoms with Crippen molar-refractivity contribution >= 4 is 22.5 Å². The fraction of sp³-hybridized carbons (Fsp3) is 0.188. The van der Waals surface area contributed by atoms with E-state index in [1.807, 2.05) is 31.3 Å². The lowest BCUT2D eigenvalue weighted by atomic mass is 10.0. The number of rotatable bonds is 3. The van der Waals surface area contributed by atoms with Gasteiger partial charge in [-0.1, -0.05) is 35.9 Å². The third-order valence-corrected chi connectivity index (χ3v) is 3.83. The van der Waals surface area contributed by atoms with E-state index >= 15 is 0 Å². The number of nitrogens with two attached hydrogens (primary N) is 1. The number of benzene rings is 2. The van der Waals surface area contributed by atoms with Gasteiger partial charge in [0.25, 0.3) is 0 Å². The minimum atomic E-state index is -0.369. The van der Waals surface area contributed by atoms with E-state index in [0.717, 1.165) is 16.6 Å². The summed E-state index contributed by atoms with van der Waals surface area (Å²) in [4.78, 5) is 0. The van der Waals surface area contributed by atoms with Gasteiger partial charge in [0.15, 0.2) is 0 Å². The average molecular weight is 304 g/mol. The Hall–Kier alpha value is -1.91. The summed E-state index contributed by atoms with van der Waals surface area (Å²) in [5.41, 5.74) is 8.57. The molecule has 21 heavy (non-hydrogen) atoms. The lowest BCUT2D eigenvalue weighted by molar-refractivity contribution is 0.587. The van der Waals surface area contributed by atoms with Crippen molar-refractivity contribution in [2.75, 3.05) is 0 Å². The summed E-state index contributed by atoms with van der Waals surface area (Å²) < 4.78 is 15.7. The van der Waals surface area contributed by atoms with Crippen molar-refractivity contribution in [3.8, 4) is 0 Å². The highest BCUT2D eigenvalue weighted by Gasteiger charge is 2.17. The number of halogens is 2. The first-order valence-electron chi connectivity index (χ1n) is 6.67. The number of para-hydroxylation sites is 1. The van der Waals surface area contributed by atoms with Crippen LogP contribution in [0.2, 0.25) is 5.02 Å². The van der Waals surface area contributed by atoms with Gasteiger partial charge in [0.05, 0.1) is 17.3 Å². The quantitative estimate of drug-likeness (QED) is 0.803. The van der Waals surface area contributed by atoms with E-state index < -0.39 is 0 Å². The van der Waals surface area contributed by atoms with Gasteiger partial charge in [0, 0.05) is 17.5 Å². The third kappa shape index (κ3) is 2.64. The molecule has 1 heterocycles. The predicted octanol–water partition coefficient (Wildman–Crippen LogP) is 3.61. The Labute approximate surface area is 127 Å². The van der Waals surface area contributed by atoms with E-state index in [1.54, 1.807) is 16.8 Å². The second-order valence-electron chi connectivity index (χ2n) is 5.07. The van der Waals surface area contributed by atoms with Crippen molar-refractivity contribution in [2.45, 2.75) is 12.5 Å². The second kappa shape index (κ2) is 5.47. The van der Waals surface area contributed by atoms with E-state index in [-0.39, 0.29) is 11.9 Å². The lowest BCUT2D eigenvalue weighted by Gasteiger charge is -2.10. The second-order valence-corrected chi connectivity index (χ2v) is 5.51. The maximum Gasteiger partial charge on any atom is 0.127 e. The van der Waals surface area contributed by atoms with Crippen LogP contribution in [0.3, 0.4) is 0 Å². The molecule has 0 bridgehead atoms. The molecule has 0 aliphatic carbocycles. The van der Waals surface area contributed by atoms with Crippen molar-refractivity contribution in [2.24, 2.45) is 12.8 Å². The van der Waals surface area contributed by atoms with Crippen molar-refractivity contribution in [1.29, 1.82) is 0 Å². The molecule has 5 heteroatoms. The molecule has 0 saturated carbocycles. The fourth-order valence-electron chi connectivity index (χ4n) is 2.54. The van der Waals surface area contributed by atoms with Gasteiger partial charge in [-0.25, -0.2) is 4.39 Å². The maximum atomic E-state index is 13.9. The smallest absolute Gasteiger partial charge is 0.127 e. The van der Waals surface area contributed by atoms with Crippen LogP contribution in [0, 0.1) is 5.82 Å². The standard InChI is InChI=1S/C16H15ClFN3/c1-21-15-5-3-2-4-12(15)16(20-21)14(19)8-10-6-7-11(17)9-13(10)18/h2-7,9,14H,8,19H2,1H3. The highest BCUT2D eigenvalue weighted by molar-refractivity contribution is 6.30. The van der Waals surface area contributed by atoms with Crippen LogP contribution in [0.5, 0.6) is 0 Å². The predicted molar refractivity (Wildman–Crippen MR) is 82.8 cm³/mol. The monoisotopic (exact) mass is 303 g/mol. The Kier molecular flexibility index (Phi) is 3.66. The number of nitrogens with zero attached hydrogens (tertiary/aromatic N) is 2. The summed E-state index contributed by atoms with van der Waals surface area (Å²) in [5.74, 6) is -0.335. The molecule has 2 aromatic carbocycles. The Bertz CT molecular complexity index is 797. The zero-order valence-corrected chi connectivity index (χ0v) is 12.3. The molecule has 1 aromatic heterocycles. The molecule has 0 fully saturated rings. The van der Waals surface area contributed by atoms with Gasteiger partial charge in [0.1, 0.15) is 5.82 Å². The van der Waals surface area contributed by atoms with E-state index in [2.05, 4.69) is 5.10 Å². The van der Waals surface area contributed by atoms with Crippen LogP contribution < -0.4 is 5.73 Å². The number of fused-ring (bicyclic) bond motifs is 1. The van der Waals surface area contributed by atoms with Crippen LogP contribution in [-0.2, 0) is 13.5 Å². The Morgan fingerprint density at radius 2 is 2.05 bits per heavy atom. The third-order valence-electron chi connectivity index (χ3n) is 3.59. The molecule has 1 unspecified atom stereocenters. The van der Waals surface area contributed by atoms with Crippen molar-refractivity contribution in [3.05, 3.63) is 64.6 Å². The van der Waals surface area contributed by atoms with Gasteiger partial charge in [-0.05, 0) is 30.2 Å². The average Bonchev–Trinajstić information content (AvgIpc) is 2.80. The Balaban J connectivity index is 1.95. The van der Waals surface area contributed by atoms with E-state index in [9.17, 15) is 4.39 Å². The molecular formula is C16H15ClFN3. The molecule has 0 aliphatic heterocycles. The van der Waals surface area contributed by atoms with Gasteiger partial charge < -0.3 is 5.73 Å². The summed E-state index contributed by atoms with van der Waals surface area (Å²) in [6, 6.07) is 12.1. The summed E-state index contributed by atoms with van der Waals surface area (Å²) in [6.45, 7) is 0. The number of hydrogen-bond acceptors (Lipinski definition) is 2. The zero-order valence-electron chi connectivity index (χ0n) is 11.6. The van der Waals surface area contributed by atoms with Crippen molar-refractivity contribution in [3.63, 3.8) is 0 Å². The largest absolute Gasteiger partial charge is 0.322 e. The molecule has 0 saturated heterocycles. The molecule has 1 atom stereocenters. The van der Waals surface area contributed by atoms with Crippen LogP contribution in [-0.4, -0.2) is 9.78 Å². The normalized spacial score (nSPS) is 12.8. The molecule has 3 aromatic rings. The van der Waals surface area contributed by atoms with Gasteiger partial charge in [-0.2, -0.15) is 5.10 Å². The number of aromatic nitrogens is 2. The van der Waals surface area contributed by atoms with Gasteiger partial charge >= 0.3 is 0 Å². The maximum absolute atomic E-state index is 13.9. The molecule has 3 rings (SSSR count). The first kappa shape index (κ1) is 14.0. The summed E-state index contributed by atoms with van der Waals surface area (Å²) in [5, 5.41) is 5.86. The van der Waals surface area contributed by atoms with E-state index in [1.165, 1.54) is 6.07 Å². The molecule has 108 valence electrons. The Morgan fingerprint density at radius 1 is 1.29 bits per heavy atom. The topological polar surface area (TPSA) is 43.8 Å². The molecular weight excluding hydrogens is 289 g/mol.